The van der Waals surface area contributed by atoms with Crippen molar-refractivity contribution in [2.45, 2.75) is 19.6 Å². The molecule has 0 bridgehead atoms. The predicted octanol–water partition coefficient (Wildman–Crippen LogP) is 0.851. The van der Waals surface area contributed by atoms with Gasteiger partial charge in [-0.1, -0.05) is 30.3 Å². The lowest BCUT2D eigenvalue weighted by Gasteiger charge is -2.14. The molecule has 2 N–H and O–H groups in total. The molecule has 1 aliphatic rings. The normalized spacial score (nSPS) is 19.0. The maximum atomic E-state index is 12.1. The molecular weight excluding hydrogens is 336 g/mol. The Morgan fingerprint density at radius 2 is 2.15 bits per heavy atom. The van der Waals surface area contributed by atoms with E-state index in [1.807, 2.05) is 30.3 Å². The number of amides is 1. The molecule has 2 heterocycles. The highest BCUT2D eigenvalue weighted by Crippen LogP contribution is 2.22. The van der Waals surface area contributed by atoms with Gasteiger partial charge in [0.25, 0.3) is 0 Å². The quantitative estimate of drug-likeness (QED) is 0.825. The van der Waals surface area contributed by atoms with E-state index < -0.39 is 11.8 Å². The highest BCUT2D eigenvalue weighted by Gasteiger charge is 2.28. The van der Waals surface area contributed by atoms with Crippen molar-refractivity contribution in [1.29, 1.82) is 0 Å². The first-order valence-electron chi connectivity index (χ1n) is 8.19. The van der Waals surface area contributed by atoms with Crippen LogP contribution < -0.4 is 11.0 Å². The SMILES string of the molecule is CC(=O)Nc1ccn(/C=C2/CN(Cc3ccccc3)OC2CO)c(=O)n1. The maximum absolute atomic E-state index is 12.1. The van der Waals surface area contributed by atoms with Crippen LogP contribution in [0.2, 0.25) is 0 Å². The minimum Gasteiger partial charge on any atom is -0.393 e. The molecule has 136 valence electrons. The molecule has 1 fully saturated rings. The number of carbonyl (C=O) groups excluding carboxylic acids is 1. The van der Waals surface area contributed by atoms with E-state index in [9.17, 15) is 14.7 Å². The summed E-state index contributed by atoms with van der Waals surface area (Å²) in [6.07, 6.45) is 2.61. The van der Waals surface area contributed by atoms with Gasteiger partial charge in [0.2, 0.25) is 5.91 Å². The largest absolute Gasteiger partial charge is 0.393 e. The van der Waals surface area contributed by atoms with Crippen molar-refractivity contribution in [1.82, 2.24) is 14.6 Å². The summed E-state index contributed by atoms with van der Waals surface area (Å²) >= 11 is 0. The second kappa shape index (κ2) is 8.05. The van der Waals surface area contributed by atoms with Crippen LogP contribution in [0.4, 0.5) is 5.82 Å². The molecule has 2 aromatic rings. The first-order valence-corrected chi connectivity index (χ1v) is 8.19. The van der Waals surface area contributed by atoms with Gasteiger partial charge in [0.1, 0.15) is 11.9 Å². The fourth-order valence-electron chi connectivity index (χ4n) is 2.68. The Morgan fingerprint density at radius 1 is 1.38 bits per heavy atom. The van der Waals surface area contributed by atoms with Crippen molar-refractivity contribution in [3.8, 4) is 0 Å². The lowest BCUT2D eigenvalue weighted by Crippen LogP contribution is -2.22. The average molecular weight is 356 g/mol. The van der Waals surface area contributed by atoms with Gasteiger partial charge in [-0.2, -0.15) is 10.0 Å². The predicted molar refractivity (Wildman–Crippen MR) is 95.9 cm³/mol. The second-order valence-corrected chi connectivity index (χ2v) is 5.95. The van der Waals surface area contributed by atoms with E-state index >= 15 is 0 Å². The molecule has 26 heavy (non-hydrogen) atoms. The zero-order chi connectivity index (χ0) is 18.5. The lowest BCUT2D eigenvalue weighted by molar-refractivity contribution is -0.159. The number of benzene rings is 1. The summed E-state index contributed by atoms with van der Waals surface area (Å²) in [6.45, 7) is 2.19. The van der Waals surface area contributed by atoms with Gasteiger partial charge in [-0.05, 0) is 17.2 Å². The number of nitrogens with zero attached hydrogens (tertiary/aromatic N) is 3. The number of carbonyl (C=O) groups is 1. The number of hydrogen-bond donors (Lipinski definition) is 2. The van der Waals surface area contributed by atoms with Crippen molar-refractivity contribution in [3.63, 3.8) is 0 Å². The van der Waals surface area contributed by atoms with Crippen molar-refractivity contribution >= 4 is 17.9 Å². The molecule has 1 atom stereocenters. The molecule has 3 rings (SSSR count). The Bertz CT molecular complexity index is 863. The maximum Gasteiger partial charge on any atom is 0.353 e. The minimum atomic E-state index is -0.526. The van der Waals surface area contributed by atoms with Crippen molar-refractivity contribution < 1.29 is 14.7 Å². The van der Waals surface area contributed by atoms with E-state index in [0.717, 1.165) is 11.1 Å². The number of hydrogen-bond acceptors (Lipinski definition) is 6. The highest BCUT2D eigenvalue weighted by atomic mass is 16.7. The van der Waals surface area contributed by atoms with Gasteiger partial charge in [0, 0.05) is 32.4 Å². The van der Waals surface area contributed by atoms with Crippen LogP contribution in [-0.4, -0.2) is 44.9 Å². The third-order valence-corrected chi connectivity index (χ3v) is 3.86. The number of aliphatic hydroxyl groups is 1. The Morgan fingerprint density at radius 3 is 2.81 bits per heavy atom. The molecule has 8 nitrogen and oxygen atoms in total. The minimum absolute atomic E-state index is 0.191. The van der Waals surface area contributed by atoms with Crippen LogP contribution in [0.3, 0.4) is 0 Å². The molecule has 8 heteroatoms. The zero-order valence-electron chi connectivity index (χ0n) is 14.3. The van der Waals surface area contributed by atoms with Crippen LogP contribution in [0.25, 0.3) is 6.20 Å². The van der Waals surface area contributed by atoms with Crippen molar-refractivity contribution in [2.24, 2.45) is 0 Å². The Hall–Kier alpha value is -2.81. The van der Waals surface area contributed by atoms with E-state index in [1.54, 1.807) is 11.3 Å². The van der Waals surface area contributed by atoms with Crippen LogP contribution in [0.1, 0.15) is 12.5 Å². The molecule has 0 aliphatic carbocycles. The molecule has 1 amide bonds. The van der Waals surface area contributed by atoms with Crippen LogP contribution in [-0.2, 0) is 16.2 Å². The van der Waals surface area contributed by atoms with Gasteiger partial charge in [0.15, 0.2) is 0 Å². The fraction of sp³-hybridized carbons (Fsp3) is 0.278. The second-order valence-electron chi connectivity index (χ2n) is 5.95. The Balaban J connectivity index is 1.76. The molecule has 0 radical (unpaired) electrons. The third-order valence-electron chi connectivity index (χ3n) is 3.86. The van der Waals surface area contributed by atoms with Crippen LogP contribution in [0.15, 0.2) is 53.0 Å². The zero-order valence-corrected chi connectivity index (χ0v) is 14.3. The number of anilines is 1. The fourth-order valence-corrected chi connectivity index (χ4v) is 2.68. The topological polar surface area (TPSA) is 96.7 Å². The van der Waals surface area contributed by atoms with E-state index in [2.05, 4.69) is 10.3 Å². The van der Waals surface area contributed by atoms with E-state index in [0.29, 0.717) is 13.1 Å². The number of aliphatic hydroxyl groups excluding tert-OH is 1. The molecular formula is C18H20N4O4. The van der Waals surface area contributed by atoms with Gasteiger partial charge in [-0.15, -0.1) is 0 Å². The van der Waals surface area contributed by atoms with E-state index in [4.69, 9.17) is 4.84 Å². The van der Waals surface area contributed by atoms with Crippen LogP contribution in [0.5, 0.6) is 0 Å². The van der Waals surface area contributed by atoms with Crippen LogP contribution >= 0.6 is 0 Å². The van der Waals surface area contributed by atoms with Crippen LogP contribution in [0, 0.1) is 0 Å². The summed E-state index contributed by atoms with van der Waals surface area (Å²) in [5.41, 5.74) is 1.32. The first kappa shape index (κ1) is 18.0. The number of nitrogens with one attached hydrogen (secondary N) is 1. The monoisotopic (exact) mass is 356 g/mol. The molecule has 1 aliphatic heterocycles. The summed E-state index contributed by atoms with van der Waals surface area (Å²) in [4.78, 5) is 32.7. The summed E-state index contributed by atoms with van der Waals surface area (Å²) < 4.78 is 1.30. The first-order chi connectivity index (χ1) is 12.5. The van der Waals surface area contributed by atoms with Crippen molar-refractivity contribution in [2.75, 3.05) is 18.5 Å². The third kappa shape index (κ3) is 4.42. The van der Waals surface area contributed by atoms with E-state index in [1.165, 1.54) is 23.8 Å². The summed E-state index contributed by atoms with van der Waals surface area (Å²) in [6, 6.07) is 11.4. The summed E-state index contributed by atoms with van der Waals surface area (Å²) in [5.74, 6) is -0.0988. The highest BCUT2D eigenvalue weighted by molar-refractivity contribution is 5.87. The lowest BCUT2D eigenvalue weighted by atomic mass is 10.1. The molecule has 1 unspecified atom stereocenters. The van der Waals surface area contributed by atoms with Gasteiger partial charge >= 0.3 is 5.69 Å². The average Bonchev–Trinajstić information content (AvgIpc) is 2.99. The van der Waals surface area contributed by atoms with E-state index in [-0.39, 0.29) is 18.3 Å². The molecule has 1 aromatic heterocycles. The molecule has 0 saturated carbocycles. The Labute approximate surface area is 150 Å². The molecule has 0 spiro atoms. The summed E-state index contributed by atoms with van der Waals surface area (Å²) in [5, 5.41) is 13.8. The Kier molecular flexibility index (Phi) is 5.57. The number of rotatable bonds is 5. The van der Waals surface area contributed by atoms with Gasteiger partial charge in [-0.25, -0.2) is 4.79 Å². The number of hydroxylamine groups is 2. The smallest absolute Gasteiger partial charge is 0.353 e. The molecule has 1 saturated heterocycles. The standard InChI is InChI=1S/C18H20N4O4/c1-13(24)19-17-7-8-21(18(25)20-17)10-15-11-22(26-16(15)12-23)9-14-5-3-2-4-6-14/h2-8,10,16,23H,9,11-12H2,1H3,(H,19,20,24,25)/b15-10-. The van der Waals surface area contributed by atoms with Gasteiger partial charge in [0.05, 0.1) is 6.61 Å². The van der Waals surface area contributed by atoms with Gasteiger partial charge in [-0.3, -0.25) is 14.2 Å². The number of aromatic nitrogens is 2. The molecule has 1 aromatic carbocycles. The van der Waals surface area contributed by atoms with Gasteiger partial charge < -0.3 is 10.4 Å². The van der Waals surface area contributed by atoms with Crippen molar-refractivity contribution in [3.05, 3.63) is 64.2 Å². The summed E-state index contributed by atoms with van der Waals surface area (Å²) in [7, 11) is 0.